The van der Waals surface area contributed by atoms with E-state index in [0.29, 0.717) is 6.42 Å². The third-order valence-corrected chi connectivity index (χ3v) is 7.09. The minimum atomic E-state index is -0.824. The van der Waals surface area contributed by atoms with E-state index in [-0.39, 0.29) is 71.9 Å². The Kier molecular flexibility index (Phi) is 2.95. The van der Waals surface area contributed by atoms with Crippen LogP contribution in [0.1, 0.15) is 40.0 Å². The van der Waals surface area contributed by atoms with Crippen molar-refractivity contribution >= 4 is 23.3 Å². The summed E-state index contributed by atoms with van der Waals surface area (Å²) < 4.78 is 5.46. The highest BCUT2D eigenvalue weighted by Gasteiger charge is 2.69. The number of ether oxygens (including phenoxy) is 1. The second kappa shape index (κ2) is 4.52. The van der Waals surface area contributed by atoms with Crippen LogP contribution in [0.3, 0.4) is 0 Å². The summed E-state index contributed by atoms with van der Waals surface area (Å²) in [6.45, 7) is 5.50. The normalized spacial score (nSPS) is 52.0. The van der Waals surface area contributed by atoms with Crippen molar-refractivity contribution in [1.29, 1.82) is 0 Å². The van der Waals surface area contributed by atoms with Gasteiger partial charge in [-0.1, -0.05) is 20.8 Å². The summed E-state index contributed by atoms with van der Waals surface area (Å²) in [6, 6.07) is 0. The molecule has 3 aliphatic carbocycles. The molecule has 5 heteroatoms. The number of rotatable bonds is 0. The van der Waals surface area contributed by atoms with E-state index in [4.69, 9.17) is 4.74 Å². The lowest BCUT2D eigenvalue weighted by Crippen LogP contribution is -2.59. The fraction of sp³-hybridized carbons (Fsp3) is 0.778. The smallest absolute Gasteiger partial charge is 0.309 e. The van der Waals surface area contributed by atoms with E-state index in [1.54, 1.807) is 6.92 Å². The highest BCUT2D eigenvalue weighted by Crippen LogP contribution is 2.62. The molecule has 0 aromatic heterocycles. The quantitative estimate of drug-likeness (QED) is 0.634. The van der Waals surface area contributed by atoms with E-state index in [1.807, 2.05) is 13.8 Å². The molecule has 1 aliphatic heterocycles. The molecule has 4 aliphatic rings. The number of carbonyl (C=O) groups is 4. The molecule has 4 rings (SSSR count). The molecule has 0 aromatic carbocycles. The summed E-state index contributed by atoms with van der Waals surface area (Å²) in [7, 11) is 0. The Labute approximate surface area is 135 Å². The van der Waals surface area contributed by atoms with Crippen LogP contribution in [0.5, 0.6) is 0 Å². The van der Waals surface area contributed by atoms with Crippen LogP contribution in [0.15, 0.2) is 0 Å². The van der Waals surface area contributed by atoms with Crippen LogP contribution in [0.2, 0.25) is 0 Å². The number of hydrogen-bond donors (Lipinski definition) is 0. The van der Waals surface area contributed by atoms with Gasteiger partial charge in [0.05, 0.1) is 5.92 Å². The third-order valence-electron chi connectivity index (χ3n) is 7.09. The van der Waals surface area contributed by atoms with E-state index in [1.165, 1.54) is 0 Å². The number of ketones is 3. The molecule has 5 nitrogen and oxygen atoms in total. The number of esters is 1. The molecular formula is C18H22O5. The average Bonchev–Trinajstić information content (AvgIpc) is 2.99. The maximum Gasteiger partial charge on any atom is 0.309 e. The van der Waals surface area contributed by atoms with Crippen molar-refractivity contribution in [3.8, 4) is 0 Å². The number of fused-ring (bicyclic) bond motifs is 5. The van der Waals surface area contributed by atoms with E-state index in [9.17, 15) is 19.2 Å². The topological polar surface area (TPSA) is 77.5 Å². The maximum absolute atomic E-state index is 13.1. The monoisotopic (exact) mass is 318 g/mol. The Morgan fingerprint density at radius 2 is 1.74 bits per heavy atom. The van der Waals surface area contributed by atoms with Crippen LogP contribution in [0.4, 0.5) is 0 Å². The summed E-state index contributed by atoms with van der Waals surface area (Å²) >= 11 is 0. The van der Waals surface area contributed by atoms with Gasteiger partial charge in [-0.05, 0) is 12.3 Å². The molecule has 1 saturated heterocycles. The Morgan fingerprint density at radius 3 is 2.43 bits per heavy atom. The van der Waals surface area contributed by atoms with E-state index >= 15 is 0 Å². The number of carbonyl (C=O) groups excluding carboxylic acids is 4. The fourth-order valence-corrected chi connectivity index (χ4v) is 6.03. The van der Waals surface area contributed by atoms with Crippen molar-refractivity contribution in [2.24, 2.45) is 40.9 Å². The maximum atomic E-state index is 13.1. The molecule has 3 saturated carbocycles. The van der Waals surface area contributed by atoms with E-state index < -0.39 is 11.3 Å². The molecule has 0 spiro atoms. The summed E-state index contributed by atoms with van der Waals surface area (Å²) in [4.78, 5) is 50.2. The van der Waals surface area contributed by atoms with Crippen molar-refractivity contribution in [3.05, 3.63) is 0 Å². The number of hydrogen-bond acceptors (Lipinski definition) is 5. The van der Waals surface area contributed by atoms with Gasteiger partial charge >= 0.3 is 5.97 Å². The molecular weight excluding hydrogens is 296 g/mol. The van der Waals surface area contributed by atoms with Crippen LogP contribution in [-0.2, 0) is 23.9 Å². The first kappa shape index (κ1) is 15.0. The van der Waals surface area contributed by atoms with E-state index in [2.05, 4.69) is 0 Å². The van der Waals surface area contributed by atoms with E-state index in [0.717, 1.165) is 0 Å². The lowest BCUT2D eigenvalue weighted by atomic mass is 9.48. The predicted octanol–water partition coefficient (Wildman–Crippen LogP) is 1.57. The second-order valence-corrected chi connectivity index (χ2v) is 8.15. The van der Waals surface area contributed by atoms with Gasteiger partial charge in [-0.15, -0.1) is 0 Å². The largest absolute Gasteiger partial charge is 0.462 e. The zero-order valence-corrected chi connectivity index (χ0v) is 13.7. The van der Waals surface area contributed by atoms with Gasteiger partial charge in [0.2, 0.25) is 0 Å². The lowest BCUT2D eigenvalue weighted by Gasteiger charge is -2.51. The summed E-state index contributed by atoms with van der Waals surface area (Å²) in [5.74, 6) is -1.76. The van der Waals surface area contributed by atoms with Gasteiger partial charge in [-0.25, -0.2) is 0 Å². The molecule has 8 atom stereocenters. The molecule has 124 valence electrons. The van der Waals surface area contributed by atoms with Crippen LogP contribution >= 0.6 is 0 Å². The molecule has 0 radical (unpaired) electrons. The molecule has 0 amide bonds. The summed E-state index contributed by atoms with van der Waals surface area (Å²) in [5, 5.41) is 0. The molecule has 1 heterocycles. The second-order valence-electron chi connectivity index (χ2n) is 8.15. The van der Waals surface area contributed by atoms with Crippen molar-refractivity contribution < 1.29 is 23.9 Å². The Morgan fingerprint density at radius 1 is 1.04 bits per heavy atom. The van der Waals surface area contributed by atoms with Gasteiger partial charge in [-0.2, -0.15) is 0 Å². The van der Waals surface area contributed by atoms with Gasteiger partial charge in [0.15, 0.2) is 0 Å². The lowest BCUT2D eigenvalue weighted by molar-refractivity contribution is -0.165. The minimum Gasteiger partial charge on any atom is -0.462 e. The Bertz CT molecular complexity index is 637. The predicted molar refractivity (Wildman–Crippen MR) is 79.1 cm³/mol. The van der Waals surface area contributed by atoms with Crippen molar-refractivity contribution in [2.75, 3.05) is 0 Å². The highest BCUT2D eigenvalue weighted by molar-refractivity contribution is 6.04. The summed E-state index contributed by atoms with van der Waals surface area (Å²) in [5.41, 5.74) is -0.824. The van der Waals surface area contributed by atoms with Crippen molar-refractivity contribution in [1.82, 2.24) is 0 Å². The minimum absolute atomic E-state index is 0.0349. The fourth-order valence-electron chi connectivity index (χ4n) is 6.03. The van der Waals surface area contributed by atoms with Crippen LogP contribution < -0.4 is 0 Å². The standard InChI is InChI=1S/C18H22O5/c1-7-4-12(20)10-6-11(19)9-5-13-14(8(2)17(22)23-13)15(9)18(10,3)16(7)21/h7-10,13-15H,4-6H2,1-3H3/t7-,8+,9-,10+,13+,14+,15+,18+/m1/s1. The van der Waals surface area contributed by atoms with Crippen LogP contribution in [0, 0.1) is 40.9 Å². The molecule has 23 heavy (non-hydrogen) atoms. The molecule has 0 aromatic rings. The van der Waals surface area contributed by atoms with Crippen molar-refractivity contribution in [2.45, 2.75) is 46.1 Å². The first-order chi connectivity index (χ1) is 10.8. The SMILES string of the molecule is C[C@@H]1CC(=O)[C@@H]2CC(=O)[C@H]3C[C@@H]4OC(=O)[C@@H](C)[C@@H]4[C@H]3[C@@]2(C)C1=O. The first-order valence-electron chi connectivity index (χ1n) is 8.57. The summed E-state index contributed by atoms with van der Waals surface area (Å²) in [6.07, 6.45) is 0.661. The zero-order chi connectivity index (χ0) is 16.7. The van der Waals surface area contributed by atoms with Gasteiger partial charge in [0.25, 0.3) is 0 Å². The van der Waals surface area contributed by atoms with Gasteiger partial charge in [-0.3, -0.25) is 19.2 Å². The Hall–Kier alpha value is -1.52. The van der Waals surface area contributed by atoms with Crippen LogP contribution in [-0.4, -0.2) is 29.4 Å². The molecule has 0 bridgehead atoms. The molecule has 0 unspecified atom stereocenters. The van der Waals surface area contributed by atoms with Gasteiger partial charge < -0.3 is 4.74 Å². The average molecular weight is 318 g/mol. The highest BCUT2D eigenvalue weighted by atomic mass is 16.6. The van der Waals surface area contributed by atoms with Gasteiger partial charge in [0, 0.05) is 41.9 Å². The third kappa shape index (κ3) is 1.68. The first-order valence-corrected chi connectivity index (χ1v) is 8.57. The van der Waals surface area contributed by atoms with Crippen molar-refractivity contribution in [3.63, 3.8) is 0 Å². The number of Topliss-reactive ketones (excluding diaryl/α,β-unsaturated/α-hetero) is 3. The van der Waals surface area contributed by atoms with Gasteiger partial charge in [0.1, 0.15) is 23.5 Å². The Balaban J connectivity index is 1.84. The molecule has 0 N–H and O–H groups in total. The zero-order valence-electron chi connectivity index (χ0n) is 13.7. The molecule has 4 fully saturated rings. The van der Waals surface area contributed by atoms with Crippen LogP contribution in [0.25, 0.3) is 0 Å².